The summed E-state index contributed by atoms with van der Waals surface area (Å²) in [5.74, 6) is 0. The number of rotatable bonds is 12. The molecule has 1 aromatic carbocycles. The van der Waals surface area contributed by atoms with E-state index in [9.17, 15) is 9.13 Å². The van der Waals surface area contributed by atoms with Gasteiger partial charge in [0.05, 0.1) is 26.4 Å². The van der Waals surface area contributed by atoms with Crippen LogP contribution in [0.15, 0.2) is 35.3 Å². The number of hydrogen-bond donors (Lipinski definition) is 0. The Labute approximate surface area is 149 Å². The first-order valence-corrected chi connectivity index (χ1v) is 11.5. The minimum Gasteiger partial charge on any atom is -0.307 e. The highest BCUT2D eigenvalue weighted by Gasteiger charge is 2.50. The first-order chi connectivity index (χ1) is 12.0. The Hall–Kier alpha value is -0.810. The molecule has 0 N–H and O–H groups in total. The average Bonchev–Trinajstić information content (AvgIpc) is 2.56. The van der Waals surface area contributed by atoms with E-state index in [0.717, 1.165) is 5.56 Å². The molecular weight excluding hydrogens is 364 g/mol. The van der Waals surface area contributed by atoms with Crippen molar-refractivity contribution >= 4 is 21.4 Å². The molecule has 0 radical (unpaired) electrons. The Morgan fingerprint density at radius 1 is 0.840 bits per heavy atom. The molecule has 0 aliphatic heterocycles. The fourth-order valence-electron chi connectivity index (χ4n) is 2.09. The van der Waals surface area contributed by atoms with Crippen molar-refractivity contribution in [1.29, 1.82) is 0 Å². The maximum atomic E-state index is 13.2. The fourth-order valence-corrected chi connectivity index (χ4v) is 6.86. The van der Waals surface area contributed by atoms with Gasteiger partial charge in [-0.3, -0.25) is 14.1 Å². The predicted octanol–water partition coefficient (Wildman–Crippen LogP) is 4.92. The molecule has 0 aliphatic carbocycles. The van der Waals surface area contributed by atoms with Gasteiger partial charge in [0.2, 0.25) is 0 Å². The van der Waals surface area contributed by atoms with E-state index < -0.39 is 20.7 Å². The summed E-state index contributed by atoms with van der Waals surface area (Å²) in [5.41, 5.74) is -0.633. The minimum absolute atomic E-state index is 0.118. The van der Waals surface area contributed by atoms with Crippen LogP contribution in [0.2, 0.25) is 0 Å². The van der Waals surface area contributed by atoms with E-state index >= 15 is 0 Å². The second kappa shape index (κ2) is 11.0. The SMILES string of the molecule is CCOP(=O)(OCC)C(/N=C/c1ccccc1)P(=O)(OCC)OCC. The van der Waals surface area contributed by atoms with Crippen molar-refractivity contribution in [3.05, 3.63) is 35.9 Å². The highest BCUT2D eigenvalue weighted by atomic mass is 31.2. The number of hydrogen-bond acceptors (Lipinski definition) is 7. The van der Waals surface area contributed by atoms with Gasteiger partial charge in [-0.25, -0.2) is 0 Å². The molecule has 0 amide bonds. The van der Waals surface area contributed by atoms with Crippen LogP contribution in [-0.4, -0.2) is 38.2 Å². The summed E-state index contributed by atoms with van der Waals surface area (Å²) >= 11 is 0. The van der Waals surface area contributed by atoms with E-state index in [1.54, 1.807) is 27.7 Å². The smallest absolute Gasteiger partial charge is 0.307 e. The number of nitrogens with zero attached hydrogens (tertiary/aromatic N) is 1. The largest absolute Gasteiger partial charge is 0.367 e. The molecule has 7 nitrogen and oxygen atoms in total. The zero-order valence-corrected chi connectivity index (χ0v) is 16.9. The summed E-state index contributed by atoms with van der Waals surface area (Å²) in [6, 6.07) is 9.18. The van der Waals surface area contributed by atoms with Gasteiger partial charge in [0.15, 0.2) is 0 Å². The molecule has 1 aromatic rings. The Bertz CT molecular complexity index is 572. The molecule has 0 saturated carbocycles. The van der Waals surface area contributed by atoms with Crippen LogP contribution in [0.25, 0.3) is 0 Å². The fraction of sp³-hybridized carbons (Fsp3) is 0.562. The highest BCUT2D eigenvalue weighted by molar-refractivity contribution is 7.72. The molecule has 0 fully saturated rings. The van der Waals surface area contributed by atoms with Gasteiger partial charge in [-0.1, -0.05) is 30.3 Å². The Kier molecular flexibility index (Phi) is 9.80. The van der Waals surface area contributed by atoms with Crippen molar-refractivity contribution in [2.24, 2.45) is 4.99 Å². The third-order valence-electron chi connectivity index (χ3n) is 2.96. The summed E-state index contributed by atoms with van der Waals surface area (Å²) in [5, 5.41) is 0. The lowest BCUT2D eigenvalue weighted by Gasteiger charge is -2.28. The molecular formula is C16H27NO6P2. The quantitative estimate of drug-likeness (QED) is 0.371. The normalized spacial score (nSPS) is 13.0. The monoisotopic (exact) mass is 391 g/mol. The molecule has 0 saturated heterocycles. The average molecular weight is 391 g/mol. The zero-order valence-electron chi connectivity index (χ0n) is 15.2. The molecule has 0 bridgehead atoms. The van der Waals surface area contributed by atoms with Crippen LogP contribution < -0.4 is 0 Å². The van der Waals surface area contributed by atoms with Gasteiger partial charge in [-0.05, 0) is 33.3 Å². The molecule has 142 valence electrons. The lowest BCUT2D eigenvalue weighted by atomic mass is 10.2. The van der Waals surface area contributed by atoms with E-state index in [4.69, 9.17) is 18.1 Å². The van der Waals surface area contributed by atoms with Crippen LogP contribution in [0, 0.1) is 0 Å². The second-order valence-electron chi connectivity index (χ2n) is 4.79. The molecule has 25 heavy (non-hydrogen) atoms. The standard InChI is InChI=1S/C16H27NO6P2/c1-5-20-24(18,21-6-2)16(25(19,22-7-3)23-8-4)17-14-15-12-10-9-11-13-15/h9-14,16H,5-8H2,1-4H3/b17-14+. The number of benzene rings is 1. The van der Waals surface area contributed by atoms with Crippen LogP contribution in [0.3, 0.4) is 0 Å². The lowest BCUT2D eigenvalue weighted by molar-refractivity contribution is 0.196. The predicted molar refractivity (Wildman–Crippen MR) is 99.5 cm³/mol. The molecule has 1 rings (SSSR count). The topological polar surface area (TPSA) is 83.4 Å². The summed E-state index contributed by atoms with van der Waals surface area (Å²) in [4.78, 5) is 4.26. The van der Waals surface area contributed by atoms with E-state index in [1.807, 2.05) is 30.3 Å². The molecule has 0 atom stereocenters. The van der Waals surface area contributed by atoms with E-state index in [1.165, 1.54) is 6.21 Å². The van der Waals surface area contributed by atoms with Gasteiger partial charge < -0.3 is 18.1 Å². The Morgan fingerprint density at radius 3 is 1.60 bits per heavy atom. The lowest BCUT2D eigenvalue weighted by Crippen LogP contribution is -2.16. The van der Waals surface area contributed by atoms with Crippen molar-refractivity contribution in [3.63, 3.8) is 0 Å². The summed E-state index contributed by atoms with van der Waals surface area (Å²) in [6.07, 6.45) is 1.47. The van der Waals surface area contributed by atoms with Crippen LogP contribution in [-0.2, 0) is 27.2 Å². The van der Waals surface area contributed by atoms with Gasteiger partial charge in [0, 0.05) is 6.21 Å². The Balaban J connectivity index is 3.35. The van der Waals surface area contributed by atoms with Crippen molar-refractivity contribution in [2.45, 2.75) is 33.2 Å². The summed E-state index contributed by atoms with van der Waals surface area (Å²) in [6.45, 7) is 7.18. The second-order valence-corrected chi connectivity index (χ2v) is 9.36. The summed E-state index contributed by atoms with van der Waals surface area (Å²) in [7, 11) is -7.72. The van der Waals surface area contributed by atoms with Gasteiger partial charge in [-0.15, -0.1) is 0 Å². The van der Waals surface area contributed by atoms with Gasteiger partial charge in [0.1, 0.15) is 0 Å². The van der Waals surface area contributed by atoms with Crippen molar-refractivity contribution in [2.75, 3.05) is 26.4 Å². The van der Waals surface area contributed by atoms with Gasteiger partial charge >= 0.3 is 15.2 Å². The van der Waals surface area contributed by atoms with Crippen LogP contribution >= 0.6 is 15.2 Å². The molecule has 9 heteroatoms. The maximum Gasteiger partial charge on any atom is 0.367 e. The Morgan fingerprint density at radius 2 is 1.24 bits per heavy atom. The van der Waals surface area contributed by atoms with E-state index in [0.29, 0.717) is 0 Å². The van der Waals surface area contributed by atoms with Gasteiger partial charge in [0.25, 0.3) is 5.52 Å². The maximum absolute atomic E-state index is 13.2. The molecule has 0 unspecified atom stereocenters. The molecule has 0 heterocycles. The van der Waals surface area contributed by atoms with E-state index in [-0.39, 0.29) is 26.4 Å². The molecule has 0 aliphatic rings. The highest BCUT2D eigenvalue weighted by Crippen LogP contribution is 2.70. The number of aliphatic imine (C=N–C) groups is 1. The first kappa shape index (κ1) is 22.2. The van der Waals surface area contributed by atoms with Crippen LogP contribution in [0.1, 0.15) is 33.3 Å². The molecule has 0 spiro atoms. The first-order valence-electron chi connectivity index (χ1n) is 8.31. The third-order valence-corrected chi connectivity index (χ3v) is 8.53. The van der Waals surface area contributed by atoms with Gasteiger partial charge in [-0.2, -0.15) is 0 Å². The van der Waals surface area contributed by atoms with Crippen molar-refractivity contribution in [1.82, 2.24) is 0 Å². The van der Waals surface area contributed by atoms with E-state index in [2.05, 4.69) is 4.99 Å². The molecule has 0 aromatic heterocycles. The minimum atomic E-state index is -3.86. The van der Waals surface area contributed by atoms with Crippen molar-refractivity contribution in [3.8, 4) is 0 Å². The van der Waals surface area contributed by atoms with Crippen LogP contribution in [0.5, 0.6) is 0 Å². The third kappa shape index (κ3) is 6.45. The van der Waals surface area contributed by atoms with Crippen molar-refractivity contribution < 1.29 is 27.2 Å². The zero-order chi connectivity index (χ0) is 18.8. The van der Waals surface area contributed by atoms with Crippen LogP contribution in [0.4, 0.5) is 0 Å². The summed E-state index contributed by atoms with van der Waals surface area (Å²) < 4.78 is 47.9.